The minimum Gasteiger partial charge on any atom is -0.714 e. The Morgan fingerprint density at radius 3 is 2.62 bits per heavy atom. The van der Waals surface area contributed by atoms with Gasteiger partial charge in [-0.1, -0.05) is 23.0 Å². The van der Waals surface area contributed by atoms with Crippen LogP contribution in [0.15, 0.2) is 29.4 Å². The number of hydrogen-bond donors (Lipinski definition) is 5. The van der Waals surface area contributed by atoms with Crippen molar-refractivity contribution in [1.29, 1.82) is 0 Å². The average molecular weight is 517 g/mol. The Morgan fingerprint density at radius 1 is 1.28 bits per heavy atom. The molecule has 0 radical (unpaired) electrons. The number of oxime groups is 1. The number of aliphatic hydroxyl groups is 4. The molecule has 1 saturated heterocycles. The molecule has 3 rings (SSSR count). The third kappa shape index (κ3) is 6.88. The molecule has 2 aromatic rings. The van der Waals surface area contributed by atoms with Crippen molar-refractivity contribution in [2.24, 2.45) is 5.16 Å². The Bertz CT molecular complexity index is 1050. The van der Waals surface area contributed by atoms with Gasteiger partial charge < -0.3 is 39.4 Å². The number of methoxy groups -OCH3 is 1. The Kier molecular flexibility index (Phi) is 10.4. The number of thioether (sulfide) groups is 1. The van der Waals surface area contributed by atoms with E-state index in [2.05, 4.69) is 14.4 Å². The number of nitrogens with one attached hydrogen (secondary N) is 1. The van der Waals surface area contributed by atoms with Crippen LogP contribution in [0.5, 0.6) is 5.75 Å². The Hall–Kier alpha value is -0.274. The standard InChI is InChI=1S/C17H22N2O10S2.K/c1-27-11-4-2-3-10-9(11)5-8(18-10)6-13(19-29-31(24,25)26)30-17-16(23)15(22)14(21)12(7-20)28-17;/h2-5,12,14-18,20-23H,6-7H2,1H3,(H,24,25,26);/q;+1/p-1/b19-13+;/t12-,14-,15+,16-,17+;/m1./s1. The van der Waals surface area contributed by atoms with Gasteiger partial charge in [0.1, 0.15) is 40.6 Å². The van der Waals surface area contributed by atoms with E-state index < -0.39 is 46.9 Å². The molecule has 0 unspecified atom stereocenters. The summed E-state index contributed by atoms with van der Waals surface area (Å²) in [6, 6.07) is 7.04. The van der Waals surface area contributed by atoms with E-state index in [0.29, 0.717) is 23.2 Å². The summed E-state index contributed by atoms with van der Waals surface area (Å²) >= 11 is 0.670. The summed E-state index contributed by atoms with van der Waals surface area (Å²) in [7, 11) is -3.64. The van der Waals surface area contributed by atoms with Gasteiger partial charge in [-0.2, -0.15) is 8.42 Å². The van der Waals surface area contributed by atoms with Crippen LogP contribution >= 0.6 is 11.8 Å². The Labute approximate surface area is 230 Å². The summed E-state index contributed by atoms with van der Waals surface area (Å²) in [6.45, 7) is -0.637. The largest absolute Gasteiger partial charge is 1.00 e. The molecule has 2 heterocycles. The minimum atomic E-state index is -5.15. The summed E-state index contributed by atoms with van der Waals surface area (Å²) in [5, 5.41) is 43.4. The molecule has 0 aliphatic carbocycles. The molecule has 0 spiro atoms. The summed E-state index contributed by atoms with van der Waals surface area (Å²) in [4.78, 5) is 3.09. The van der Waals surface area contributed by atoms with Crippen LogP contribution in [-0.4, -0.2) is 87.0 Å². The van der Waals surface area contributed by atoms with Crippen molar-refractivity contribution in [3.8, 4) is 5.75 Å². The van der Waals surface area contributed by atoms with E-state index >= 15 is 0 Å². The molecule has 5 N–H and O–H groups in total. The van der Waals surface area contributed by atoms with Crippen molar-refractivity contribution in [3.63, 3.8) is 0 Å². The number of hydrogen-bond acceptors (Lipinski definition) is 12. The third-order valence-electron chi connectivity index (χ3n) is 4.57. The molecule has 1 fully saturated rings. The zero-order chi connectivity index (χ0) is 22.8. The first kappa shape index (κ1) is 28.0. The number of benzene rings is 1. The number of aliphatic hydroxyl groups excluding tert-OH is 4. The molecule has 0 amide bonds. The number of fused-ring (bicyclic) bond motifs is 1. The maximum Gasteiger partial charge on any atom is 1.00 e. The van der Waals surface area contributed by atoms with E-state index in [0.717, 1.165) is 10.9 Å². The minimum absolute atomic E-state index is 0. The van der Waals surface area contributed by atoms with Gasteiger partial charge in [0.15, 0.2) is 0 Å². The predicted octanol–water partition coefficient (Wildman–Crippen LogP) is -3.95. The van der Waals surface area contributed by atoms with Gasteiger partial charge in [0.2, 0.25) is 0 Å². The van der Waals surface area contributed by atoms with Gasteiger partial charge in [0.25, 0.3) is 10.4 Å². The second kappa shape index (κ2) is 11.9. The summed E-state index contributed by atoms with van der Waals surface area (Å²) < 4.78 is 47.3. The zero-order valence-corrected chi connectivity index (χ0v) is 21.9. The molecule has 172 valence electrons. The number of aromatic amines is 1. The number of aromatic nitrogens is 1. The first-order chi connectivity index (χ1) is 14.6. The number of rotatable bonds is 7. The molecular formula is C17H21KN2O10S2. The van der Waals surface area contributed by atoms with Gasteiger partial charge in [-0.3, -0.25) is 4.28 Å². The van der Waals surface area contributed by atoms with E-state index in [4.69, 9.17) is 9.47 Å². The Balaban J connectivity index is 0.00000363. The fourth-order valence-corrected chi connectivity index (χ4v) is 4.42. The maximum absolute atomic E-state index is 10.9. The van der Waals surface area contributed by atoms with Crippen molar-refractivity contribution >= 4 is 38.1 Å². The van der Waals surface area contributed by atoms with Gasteiger partial charge in [-0.05, 0) is 18.2 Å². The van der Waals surface area contributed by atoms with Crippen LogP contribution in [-0.2, 0) is 25.8 Å². The van der Waals surface area contributed by atoms with Gasteiger partial charge >= 0.3 is 51.4 Å². The van der Waals surface area contributed by atoms with Crippen molar-refractivity contribution in [2.75, 3.05) is 13.7 Å². The van der Waals surface area contributed by atoms with Gasteiger partial charge in [0, 0.05) is 23.0 Å². The molecular weight excluding hydrogens is 495 g/mol. The van der Waals surface area contributed by atoms with Crippen molar-refractivity contribution in [1.82, 2.24) is 4.98 Å². The van der Waals surface area contributed by atoms with Crippen LogP contribution in [0.25, 0.3) is 10.9 Å². The van der Waals surface area contributed by atoms with Crippen molar-refractivity contribution in [2.45, 2.75) is 36.3 Å². The second-order valence-electron chi connectivity index (χ2n) is 6.68. The molecule has 0 bridgehead atoms. The smallest absolute Gasteiger partial charge is 0.714 e. The van der Waals surface area contributed by atoms with Gasteiger partial charge in [-0.15, -0.1) is 0 Å². The van der Waals surface area contributed by atoms with Crippen LogP contribution < -0.4 is 56.1 Å². The van der Waals surface area contributed by atoms with E-state index in [1.165, 1.54) is 7.11 Å². The first-order valence-corrected chi connectivity index (χ1v) is 11.2. The summed E-state index contributed by atoms with van der Waals surface area (Å²) in [5.74, 6) is 0.596. The van der Waals surface area contributed by atoms with Crippen LogP contribution in [0.4, 0.5) is 0 Å². The van der Waals surface area contributed by atoms with Crippen LogP contribution in [0.2, 0.25) is 0 Å². The van der Waals surface area contributed by atoms with Gasteiger partial charge in [-0.25, -0.2) is 0 Å². The molecule has 1 aromatic heterocycles. The predicted molar refractivity (Wildman–Crippen MR) is 108 cm³/mol. The average Bonchev–Trinajstić information content (AvgIpc) is 3.14. The number of H-pyrrole nitrogens is 1. The topological polar surface area (TPSA) is 194 Å². The second-order valence-corrected chi connectivity index (χ2v) is 8.81. The van der Waals surface area contributed by atoms with Crippen molar-refractivity contribution < 1.29 is 98.5 Å². The molecule has 32 heavy (non-hydrogen) atoms. The molecule has 1 aliphatic heterocycles. The van der Waals surface area contributed by atoms with Crippen LogP contribution in [0, 0.1) is 0 Å². The number of nitrogens with zero attached hydrogens (tertiary/aromatic N) is 1. The third-order valence-corrected chi connectivity index (χ3v) is 5.94. The van der Waals surface area contributed by atoms with E-state index in [1.807, 2.05) is 0 Å². The first-order valence-electron chi connectivity index (χ1n) is 8.96. The molecule has 1 aliphatic rings. The van der Waals surface area contributed by atoms with Crippen LogP contribution in [0.1, 0.15) is 5.69 Å². The number of ether oxygens (including phenoxy) is 2. The zero-order valence-electron chi connectivity index (χ0n) is 17.1. The molecule has 12 nitrogen and oxygen atoms in total. The monoisotopic (exact) mass is 516 g/mol. The van der Waals surface area contributed by atoms with Crippen LogP contribution in [0.3, 0.4) is 0 Å². The summed E-state index contributed by atoms with van der Waals surface area (Å²) in [5.41, 5.74) is 0.0253. The Morgan fingerprint density at radius 2 is 2.00 bits per heavy atom. The fourth-order valence-electron chi connectivity index (χ4n) is 3.10. The van der Waals surface area contributed by atoms with E-state index in [1.54, 1.807) is 24.3 Å². The molecule has 0 saturated carbocycles. The SMILES string of the molecule is COc1cccc2[nH]c(C/C(=N\OS(=O)(=O)[O-])S[C@@H]3O[C@H](CO)[C@@H](O)[C@H](O)[C@H]3O)cc12.[K+]. The summed E-state index contributed by atoms with van der Waals surface area (Å²) in [6.07, 6.45) is -6.02. The van der Waals surface area contributed by atoms with Gasteiger partial charge in [0.05, 0.1) is 13.7 Å². The van der Waals surface area contributed by atoms with E-state index in [-0.39, 0.29) is 62.8 Å². The molecule has 15 heteroatoms. The van der Waals surface area contributed by atoms with Crippen molar-refractivity contribution in [3.05, 3.63) is 30.0 Å². The molecule has 5 atom stereocenters. The normalized spacial score (nSPS) is 26.6. The quantitative estimate of drug-likeness (QED) is 0.0602. The fraction of sp³-hybridized carbons (Fsp3) is 0.471. The maximum atomic E-state index is 10.9. The molecule has 1 aromatic carbocycles. The van der Waals surface area contributed by atoms with E-state index in [9.17, 15) is 33.4 Å².